The van der Waals surface area contributed by atoms with Crippen LogP contribution in [0.25, 0.3) is 0 Å². The van der Waals surface area contributed by atoms with E-state index in [1.807, 2.05) is 13.8 Å². The van der Waals surface area contributed by atoms with E-state index in [-0.39, 0.29) is 30.5 Å². The first-order valence-electron chi connectivity index (χ1n) is 10.1. The Balaban J connectivity index is 1.99. The minimum atomic E-state index is -1.01. The number of carbonyl (C=O) groups excluding carboxylic acids is 2. The van der Waals surface area contributed by atoms with Crippen molar-refractivity contribution in [3.63, 3.8) is 0 Å². The maximum Gasteiger partial charge on any atom is 0.224 e. The SMILES string of the molecule is C=C1OC(COC)C2(C)C(=C(O)C(=O)C3=C2C(O)CC2(C)C(=O)CCCC32)C1=C. The molecule has 1 saturated carbocycles. The fraction of sp³-hybridized carbons (Fsp3) is 0.565. The summed E-state index contributed by atoms with van der Waals surface area (Å²) in [7, 11) is 1.54. The molecule has 0 spiro atoms. The van der Waals surface area contributed by atoms with Gasteiger partial charge in [-0.2, -0.15) is 0 Å². The highest BCUT2D eigenvalue weighted by molar-refractivity contribution is 6.11. The Bertz CT molecular complexity index is 908. The second-order valence-electron chi connectivity index (χ2n) is 9.05. The summed E-state index contributed by atoms with van der Waals surface area (Å²) in [5, 5.41) is 22.3. The molecular weight excluding hydrogens is 372 g/mol. The third-order valence-corrected chi connectivity index (χ3v) is 7.55. The Morgan fingerprint density at radius 2 is 1.97 bits per heavy atom. The van der Waals surface area contributed by atoms with Gasteiger partial charge in [-0.25, -0.2) is 0 Å². The lowest BCUT2D eigenvalue weighted by Crippen LogP contribution is -2.57. The predicted octanol–water partition coefficient (Wildman–Crippen LogP) is 2.94. The number of rotatable bonds is 2. The number of aliphatic hydroxyl groups excluding tert-OH is 2. The lowest BCUT2D eigenvalue weighted by molar-refractivity contribution is -0.137. The molecule has 2 fully saturated rings. The van der Waals surface area contributed by atoms with Gasteiger partial charge in [0.05, 0.1) is 18.1 Å². The zero-order valence-electron chi connectivity index (χ0n) is 17.2. The molecule has 4 rings (SSSR count). The van der Waals surface area contributed by atoms with Crippen LogP contribution in [0.5, 0.6) is 0 Å². The van der Waals surface area contributed by atoms with Crippen molar-refractivity contribution in [2.75, 3.05) is 13.7 Å². The van der Waals surface area contributed by atoms with Crippen molar-refractivity contribution in [3.8, 4) is 0 Å². The molecule has 6 heteroatoms. The summed E-state index contributed by atoms with van der Waals surface area (Å²) in [6.07, 6.45) is 0.453. The van der Waals surface area contributed by atoms with Crippen molar-refractivity contribution in [2.45, 2.75) is 51.7 Å². The van der Waals surface area contributed by atoms with Gasteiger partial charge in [0.25, 0.3) is 0 Å². The number of allylic oxidation sites excluding steroid dienone is 2. The molecule has 1 heterocycles. The monoisotopic (exact) mass is 400 g/mol. The summed E-state index contributed by atoms with van der Waals surface area (Å²) in [6.45, 7) is 11.7. The normalized spacial score (nSPS) is 39.8. The third-order valence-electron chi connectivity index (χ3n) is 7.55. The van der Waals surface area contributed by atoms with Crippen LogP contribution in [0.1, 0.15) is 39.5 Å². The maximum absolute atomic E-state index is 13.4. The van der Waals surface area contributed by atoms with E-state index in [9.17, 15) is 19.8 Å². The summed E-state index contributed by atoms with van der Waals surface area (Å²) in [5.74, 6) is -0.916. The second kappa shape index (κ2) is 6.41. The summed E-state index contributed by atoms with van der Waals surface area (Å²) < 4.78 is 11.3. The van der Waals surface area contributed by atoms with Gasteiger partial charge in [0, 0.05) is 41.6 Å². The summed E-state index contributed by atoms with van der Waals surface area (Å²) in [6, 6.07) is 0. The molecule has 4 aliphatic rings. The van der Waals surface area contributed by atoms with Gasteiger partial charge in [0.15, 0.2) is 5.76 Å². The first kappa shape index (κ1) is 20.1. The molecule has 2 N–H and O–H groups in total. The standard InChI is InChI=1S/C23H28O6/c1-11-12(2)29-16(10-28-5)23(4)18(11)21(27)20(26)17-13-7-6-8-15(25)22(13,3)9-14(24)19(17)23/h13-14,16,24,27H,1-2,6-10H2,3-5H3. The zero-order chi connectivity index (χ0) is 21.3. The molecule has 0 aromatic carbocycles. The number of ketones is 2. The van der Waals surface area contributed by atoms with Gasteiger partial charge < -0.3 is 19.7 Å². The summed E-state index contributed by atoms with van der Waals surface area (Å²) in [4.78, 5) is 26.2. The number of ether oxygens (including phenoxy) is 2. The average molecular weight is 400 g/mol. The Morgan fingerprint density at radius 1 is 1.28 bits per heavy atom. The van der Waals surface area contributed by atoms with Crippen molar-refractivity contribution in [1.82, 2.24) is 0 Å². The first-order chi connectivity index (χ1) is 13.6. The number of fused-ring (bicyclic) bond motifs is 4. The second-order valence-corrected chi connectivity index (χ2v) is 9.05. The highest BCUT2D eigenvalue weighted by atomic mass is 16.5. The van der Waals surface area contributed by atoms with Gasteiger partial charge in [-0.1, -0.05) is 20.1 Å². The van der Waals surface area contributed by atoms with Crippen LogP contribution < -0.4 is 0 Å². The van der Waals surface area contributed by atoms with Crippen LogP contribution in [-0.4, -0.2) is 47.7 Å². The smallest absolute Gasteiger partial charge is 0.224 e. The van der Waals surface area contributed by atoms with E-state index in [1.165, 1.54) is 0 Å². The zero-order valence-corrected chi connectivity index (χ0v) is 17.2. The Labute approximate surface area is 170 Å². The molecule has 1 saturated heterocycles. The molecule has 0 aromatic heterocycles. The molecule has 3 aliphatic carbocycles. The molecular formula is C23H28O6. The third kappa shape index (κ3) is 2.42. The van der Waals surface area contributed by atoms with Crippen LogP contribution >= 0.6 is 0 Å². The Kier molecular flexibility index (Phi) is 4.44. The van der Waals surface area contributed by atoms with Crippen molar-refractivity contribution in [2.24, 2.45) is 16.7 Å². The largest absolute Gasteiger partial charge is 0.504 e. The van der Waals surface area contributed by atoms with E-state index >= 15 is 0 Å². The fourth-order valence-electron chi connectivity index (χ4n) is 6.03. The van der Waals surface area contributed by atoms with Gasteiger partial charge in [0.2, 0.25) is 5.78 Å². The van der Waals surface area contributed by atoms with E-state index in [0.29, 0.717) is 41.6 Å². The minimum Gasteiger partial charge on any atom is -0.504 e. The lowest BCUT2D eigenvalue weighted by Gasteiger charge is -2.55. The predicted molar refractivity (Wildman–Crippen MR) is 106 cm³/mol. The molecule has 5 unspecified atom stereocenters. The van der Waals surface area contributed by atoms with Crippen LogP contribution in [-0.2, 0) is 19.1 Å². The maximum atomic E-state index is 13.4. The average Bonchev–Trinajstić information content (AvgIpc) is 2.65. The summed E-state index contributed by atoms with van der Waals surface area (Å²) >= 11 is 0. The van der Waals surface area contributed by atoms with E-state index in [0.717, 1.165) is 0 Å². The number of aliphatic hydroxyl groups is 2. The van der Waals surface area contributed by atoms with Gasteiger partial charge in [-0.3, -0.25) is 9.59 Å². The molecule has 29 heavy (non-hydrogen) atoms. The minimum absolute atomic E-state index is 0.0673. The first-order valence-corrected chi connectivity index (χ1v) is 10.1. The number of methoxy groups -OCH3 is 1. The molecule has 0 aromatic rings. The number of Topliss-reactive ketones (excluding diaryl/α,β-unsaturated/α-hetero) is 2. The van der Waals surface area contributed by atoms with Crippen molar-refractivity contribution < 1.29 is 29.3 Å². The molecule has 6 nitrogen and oxygen atoms in total. The van der Waals surface area contributed by atoms with Crippen LogP contribution in [0.2, 0.25) is 0 Å². The fourth-order valence-corrected chi connectivity index (χ4v) is 6.03. The van der Waals surface area contributed by atoms with Gasteiger partial charge in [0.1, 0.15) is 17.6 Å². The van der Waals surface area contributed by atoms with Crippen LogP contribution in [0.15, 0.2) is 47.0 Å². The van der Waals surface area contributed by atoms with Crippen molar-refractivity contribution in [3.05, 3.63) is 47.0 Å². The highest BCUT2D eigenvalue weighted by Gasteiger charge is 2.61. The molecule has 0 bridgehead atoms. The molecule has 156 valence electrons. The van der Waals surface area contributed by atoms with Crippen LogP contribution in [0, 0.1) is 16.7 Å². The summed E-state index contributed by atoms with van der Waals surface area (Å²) in [5.41, 5.74) is -0.242. The van der Waals surface area contributed by atoms with Gasteiger partial charge >= 0.3 is 0 Å². The molecule has 5 atom stereocenters. The topological polar surface area (TPSA) is 93.1 Å². The van der Waals surface area contributed by atoms with Crippen LogP contribution in [0.3, 0.4) is 0 Å². The number of hydrogen-bond donors (Lipinski definition) is 2. The Hall–Kier alpha value is -2.18. The Morgan fingerprint density at radius 3 is 2.62 bits per heavy atom. The quantitative estimate of drug-likeness (QED) is 0.740. The van der Waals surface area contributed by atoms with Gasteiger partial charge in [-0.15, -0.1) is 0 Å². The van der Waals surface area contributed by atoms with E-state index in [1.54, 1.807) is 7.11 Å². The van der Waals surface area contributed by atoms with E-state index in [2.05, 4.69) is 13.2 Å². The lowest BCUT2D eigenvalue weighted by atomic mass is 9.50. The van der Waals surface area contributed by atoms with E-state index < -0.39 is 34.6 Å². The molecule has 0 amide bonds. The number of carbonyl (C=O) groups is 2. The van der Waals surface area contributed by atoms with Crippen molar-refractivity contribution in [1.29, 1.82) is 0 Å². The molecule has 1 aliphatic heterocycles. The van der Waals surface area contributed by atoms with Gasteiger partial charge in [-0.05, 0) is 31.8 Å². The number of hydrogen-bond acceptors (Lipinski definition) is 6. The van der Waals surface area contributed by atoms with Crippen LogP contribution in [0.4, 0.5) is 0 Å². The highest BCUT2D eigenvalue weighted by Crippen LogP contribution is 2.61. The van der Waals surface area contributed by atoms with Crippen molar-refractivity contribution >= 4 is 11.6 Å². The van der Waals surface area contributed by atoms with E-state index in [4.69, 9.17) is 9.47 Å². The molecule has 0 radical (unpaired) electrons.